The Hall–Kier alpha value is -7.10. The van der Waals surface area contributed by atoms with Crippen LogP contribution >= 0.6 is 0 Å². The van der Waals surface area contributed by atoms with Gasteiger partial charge in [0.25, 0.3) is 0 Å². The lowest BCUT2D eigenvalue weighted by molar-refractivity contribution is 0.669. The minimum atomic E-state index is 0.841. The molecule has 0 N–H and O–H groups in total. The molecule has 3 heteroatoms. The van der Waals surface area contributed by atoms with Crippen LogP contribution in [0, 0.1) is 0 Å². The molecule has 0 aliphatic carbocycles. The van der Waals surface area contributed by atoms with Crippen molar-refractivity contribution in [2.45, 2.75) is 0 Å². The van der Waals surface area contributed by atoms with Gasteiger partial charge in [0.05, 0.1) is 11.4 Å². The fraction of sp³-hybridized carbons (Fsp3) is 0. The van der Waals surface area contributed by atoms with E-state index in [0.29, 0.717) is 0 Å². The lowest BCUT2D eigenvalue weighted by Crippen LogP contribution is -2.11. The largest absolute Gasteiger partial charge is 0.456 e. The van der Waals surface area contributed by atoms with Gasteiger partial charge in [-0.05, 0) is 80.7 Å². The molecule has 9 aromatic carbocycles. The zero-order valence-electron chi connectivity index (χ0n) is 28.7. The van der Waals surface area contributed by atoms with Crippen LogP contribution in [-0.4, -0.2) is 0 Å². The topological polar surface area (TPSA) is 29.5 Å². The molecule has 11 aromatic rings. The normalized spacial score (nSPS) is 11.8. The van der Waals surface area contributed by atoms with Crippen molar-refractivity contribution in [2.75, 3.05) is 4.90 Å². The van der Waals surface area contributed by atoms with Gasteiger partial charge in [-0.25, -0.2) is 0 Å². The number of benzene rings is 9. The second kappa shape index (κ2) is 11.7. The molecule has 3 nitrogen and oxygen atoms in total. The van der Waals surface area contributed by atoms with Gasteiger partial charge in [0.2, 0.25) is 0 Å². The molecule has 2 aromatic heterocycles. The quantitative estimate of drug-likeness (QED) is 0.182. The zero-order chi connectivity index (χ0) is 34.9. The Bertz CT molecular complexity index is 3180. The first-order valence-electron chi connectivity index (χ1n) is 18.0. The van der Waals surface area contributed by atoms with E-state index in [1.807, 2.05) is 12.1 Å². The Morgan fingerprint density at radius 2 is 0.981 bits per heavy atom. The number of nitrogens with zero attached hydrogens (tertiary/aromatic N) is 1. The summed E-state index contributed by atoms with van der Waals surface area (Å²) in [6.07, 6.45) is 0. The van der Waals surface area contributed by atoms with Gasteiger partial charge in [-0.1, -0.05) is 146 Å². The van der Waals surface area contributed by atoms with Crippen LogP contribution in [0.15, 0.2) is 197 Å². The van der Waals surface area contributed by atoms with Crippen molar-refractivity contribution in [1.82, 2.24) is 0 Å². The van der Waals surface area contributed by atoms with Crippen molar-refractivity contribution in [3.8, 4) is 22.3 Å². The zero-order valence-corrected chi connectivity index (χ0v) is 28.7. The van der Waals surface area contributed by atoms with E-state index in [0.717, 1.165) is 66.5 Å². The van der Waals surface area contributed by atoms with Gasteiger partial charge in [0.15, 0.2) is 5.58 Å². The fourth-order valence-corrected chi connectivity index (χ4v) is 8.31. The highest BCUT2D eigenvalue weighted by molar-refractivity contribution is 6.21. The average molecular weight is 678 g/mol. The van der Waals surface area contributed by atoms with E-state index < -0.39 is 0 Å². The maximum atomic E-state index is 6.89. The molecule has 0 unspecified atom stereocenters. The van der Waals surface area contributed by atoms with Crippen LogP contribution in [0.5, 0.6) is 0 Å². The third kappa shape index (κ3) is 4.61. The van der Waals surface area contributed by atoms with Crippen LogP contribution in [0.25, 0.3) is 87.7 Å². The summed E-state index contributed by atoms with van der Waals surface area (Å²) in [7, 11) is 0. The second-order valence-electron chi connectivity index (χ2n) is 13.6. The predicted molar refractivity (Wildman–Crippen MR) is 222 cm³/mol. The molecule has 0 radical (unpaired) electrons. The molecule has 0 aliphatic heterocycles. The molecule has 0 spiro atoms. The highest BCUT2D eigenvalue weighted by atomic mass is 16.3. The van der Waals surface area contributed by atoms with E-state index >= 15 is 0 Å². The minimum absolute atomic E-state index is 0.841. The van der Waals surface area contributed by atoms with E-state index in [2.05, 4.69) is 181 Å². The maximum absolute atomic E-state index is 6.89. The fourth-order valence-electron chi connectivity index (χ4n) is 8.31. The van der Waals surface area contributed by atoms with Crippen LogP contribution in [0.3, 0.4) is 0 Å². The van der Waals surface area contributed by atoms with Crippen molar-refractivity contribution in [2.24, 2.45) is 0 Å². The van der Waals surface area contributed by atoms with Crippen molar-refractivity contribution in [1.29, 1.82) is 0 Å². The number of furan rings is 2. The molecule has 0 aliphatic rings. The number of fused-ring (bicyclic) bond motifs is 9. The molecular formula is C50H31NO2. The lowest BCUT2D eigenvalue weighted by atomic mass is 9.90. The van der Waals surface area contributed by atoms with E-state index in [1.165, 1.54) is 38.2 Å². The summed E-state index contributed by atoms with van der Waals surface area (Å²) >= 11 is 0. The molecule has 0 fully saturated rings. The van der Waals surface area contributed by atoms with Gasteiger partial charge in [0.1, 0.15) is 16.7 Å². The number of para-hydroxylation sites is 3. The second-order valence-corrected chi connectivity index (χ2v) is 13.6. The molecule has 53 heavy (non-hydrogen) atoms. The summed E-state index contributed by atoms with van der Waals surface area (Å²) in [6.45, 7) is 0. The third-order valence-corrected chi connectivity index (χ3v) is 10.7. The number of anilines is 3. The first kappa shape index (κ1) is 29.6. The van der Waals surface area contributed by atoms with Crippen molar-refractivity contribution < 1.29 is 8.83 Å². The SMILES string of the molecule is c1ccc(-c2cccc3cccc(-c4ccccc4N(c4ccc5oc6ccccc6c5c4)c4cccc5c4oc4ccc6ccccc6c45)c23)cc1. The Morgan fingerprint density at radius 3 is 1.89 bits per heavy atom. The van der Waals surface area contributed by atoms with Crippen LogP contribution in [0.2, 0.25) is 0 Å². The molecule has 248 valence electrons. The standard InChI is InChI=1S/C50H31NO2/c1-2-13-32(14-3-1)36-21-10-16-34-17-11-22-40(48(34)36)38-19-6-8-24-43(38)51(35-28-30-46-42(31-35)39-20-7-9-26-45(39)52-46)44-25-12-23-41-49-37-18-5-4-15-33(37)27-29-47(49)53-50(41)44/h1-31H. The first-order valence-corrected chi connectivity index (χ1v) is 18.0. The predicted octanol–water partition coefficient (Wildman–Crippen LogP) is 14.6. The summed E-state index contributed by atoms with van der Waals surface area (Å²) in [5.41, 5.74) is 11.2. The molecule has 0 atom stereocenters. The number of rotatable bonds is 5. The lowest BCUT2D eigenvalue weighted by Gasteiger charge is -2.28. The van der Waals surface area contributed by atoms with Crippen LogP contribution in [0.4, 0.5) is 17.1 Å². The van der Waals surface area contributed by atoms with Crippen molar-refractivity contribution in [3.63, 3.8) is 0 Å². The van der Waals surface area contributed by atoms with Crippen molar-refractivity contribution >= 4 is 82.5 Å². The van der Waals surface area contributed by atoms with E-state index in [9.17, 15) is 0 Å². The minimum Gasteiger partial charge on any atom is -0.456 e. The summed E-state index contributed by atoms with van der Waals surface area (Å²) in [5.74, 6) is 0. The summed E-state index contributed by atoms with van der Waals surface area (Å²) in [4.78, 5) is 2.37. The number of hydrogen-bond acceptors (Lipinski definition) is 3. The van der Waals surface area contributed by atoms with Crippen LogP contribution in [-0.2, 0) is 0 Å². The van der Waals surface area contributed by atoms with Gasteiger partial charge in [-0.15, -0.1) is 0 Å². The van der Waals surface area contributed by atoms with Gasteiger partial charge in [0, 0.05) is 32.8 Å². The Morgan fingerprint density at radius 1 is 0.340 bits per heavy atom. The Labute approximate surface area is 305 Å². The summed E-state index contributed by atoms with van der Waals surface area (Å²) in [6, 6.07) is 66.8. The number of hydrogen-bond donors (Lipinski definition) is 0. The highest BCUT2D eigenvalue weighted by Crippen LogP contribution is 2.48. The Balaban J connectivity index is 1.23. The molecule has 0 amide bonds. The summed E-state index contributed by atoms with van der Waals surface area (Å²) in [5, 5.41) is 9.17. The van der Waals surface area contributed by atoms with E-state index in [4.69, 9.17) is 8.83 Å². The van der Waals surface area contributed by atoms with E-state index in [1.54, 1.807) is 0 Å². The molecule has 11 rings (SSSR count). The van der Waals surface area contributed by atoms with Crippen molar-refractivity contribution in [3.05, 3.63) is 188 Å². The van der Waals surface area contributed by atoms with Crippen LogP contribution < -0.4 is 4.90 Å². The molecule has 0 saturated heterocycles. The van der Waals surface area contributed by atoms with Gasteiger partial charge in [-0.2, -0.15) is 0 Å². The molecule has 2 heterocycles. The molecular weight excluding hydrogens is 647 g/mol. The summed E-state index contributed by atoms with van der Waals surface area (Å²) < 4.78 is 13.2. The first-order chi connectivity index (χ1) is 26.3. The van der Waals surface area contributed by atoms with Gasteiger partial charge < -0.3 is 13.7 Å². The molecule has 0 bridgehead atoms. The third-order valence-electron chi connectivity index (χ3n) is 10.7. The maximum Gasteiger partial charge on any atom is 0.159 e. The van der Waals surface area contributed by atoms with E-state index in [-0.39, 0.29) is 0 Å². The Kier molecular flexibility index (Phi) is 6.55. The average Bonchev–Trinajstić information content (AvgIpc) is 3.80. The van der Waals surface area contributed by atoms with Gasteiger partial charge >= 0.3 is 0 Å². The van der Waals surface area contributed by atoms with Crippen LogP contribution in [0.1, 0.15) is 0 Å². The molecule has 0 saturated carbocycles. The smallest absolute Gasteiger partial charge is 0.159 e. The highest BCUT2D eigenvalue weighted by Gasteiger charge is 2.24. The monoisotopic (exact) mass is 677 g/mol. The van der Waals surface area contributed by atoms with Gasteiger partial charge in [-0.3, -0.25) is 0 Å².